The fourth-order valence-corrected chi connectivity index (χ4v) is 4.37. The maximum atomic E-state index is 12.6. The van der Waals surface area contributed by atoms with Gasteiger partial charge in [-0.2, -0.15) is 0 Å². The Morgan fingerprint density at radius 3 is 2.96 bits per heavy atom. The normalized spacial score (nSPS) is 18.6. The maximum absolute atomic E-state index is 12.6. The van der Waals surface area contributed by atoms with E-state index in [0.29, 0.717) is 28.8 Å². The molecule has 23 heavy (non-hydrogen) atoms. The largest absolute Gasteiger partial charge is 0.454 e. The Hall–Kier alpha value is -2.21. The number of nitrogen functional groups attached to an aromatic ring is 1. The zero-order valence-electron chi connectivity index (χ0n) is 12.8. The summed E-state index contributed by atoms with van der Waals surface area (Å²) in [5.41, 5.74) is 9.01. The molecule has 5 nitrogen and oxygen atoms in total. The SMILES string of the molecule is CC1CCc2c(C(=O)Nc3cc4c(cc3N)OCO4)csc2C1. The van der Waals surface area contributed by atoms with Crippen molar-refractivity contribution in [1.82, 2.24) is 0 Å². The van der Waals surface area contributed by atoms with E-state index >= 15 is 0 Å². The average molecular weight is 330 g/mol. The van der Waals surface area contributed by atoms with Gasteiger partial charge in [-0.1, -0.05) is 6.92 Å². The van der Waals surface area contributed by atoms with Crippen molar-refractivity contribution in [2.24, 2.45) is 5.92 Å². The van der Waals surface area contributed by atoms with Crippen molar-refractivity contribution in [1.29, 1.82) is 0 Å². The van der Waals surface area contributed by atoms with Gasteiger partial charge in [-0.3, -0.25) is 4.79 Å². The van der Waals surface area contributed by atoms with Crippen molar-refractivity contribution in [3.05, 3.63) is 33.5 Å². The monoisotopic (exact) mass is 330 g/mol. The molecule has 1 aromatic heterocycles. The second kappa shape index (κ2) is 5.45. The number of amides is 1. The lowest BCUT2D eigenvalue weighted by Crippen LogP contribution is -2.17. The number of rotatable bonds is 2. The highest BCUT2D eigenvalue weighted by atomic mass is 32.1. The first-order valence-corrected chi connectivity index (χ1v) is 8.59. The third-order valence-electron chi connectivity index (χ3n) is 4.44. The first kappa shape index (κ1) is 14.4. The van der Waals surface area contributed by atoms with E-state index in [1.165, 1.54) is 10.4 Å². The summed E-state index contributed by atoms with van der Waals surface area (Å²) in [6, 6.07) is 3.40. The van der Waals surface area contributed by atoms with Gasteiger partial charge in [-0.15, -0.1) is 11.3 Å². The number of anilines is 2. The number of nitrogens with one attached hydrogen (secondary N) is 1. The van der Waals surface area contributed by atoms with Crippen molar-refractivity contribution in [2.45, 2.75) is 26.2 Å². The highest BCUT2D eigenvalue weighted by Gasteiger charge is 2.24. The molecule has 0 bridgehead atoms. The number of fused-ring (bicyclic) bond motifs is 2. The molecule has 1 aliphatic heterocycles. The zero-order chi connectivity index (χ0) is 16.0. The Balaban J connectivity index is 1.59. The van der Waals surface area contributed by atoms with Gasteiger partial charge in [0.2, 0.25) is 6.79 Å². The predicted molar refractivity (Wildman–Crippen MR) is 90.4 cm³/mol. The van der Waals surface area contributed by atoms with Crippen molar-refractivity contribution >= 4 is 28.6 Å². The summed E-state index contributed by atoms with van der Waals surface area (Å²) in [5.74, 6) is 1.81. The number of thiophene rings is 1. The molecule has 120 valence electrons. The lowest BCUT2D eigenvalue weighted by molar-refractivity contribution is 0.102. The van der Waals surface area contributed by atoms with Crippen LogP contribution in [0.5, 0.6) is 11.5 Å². The minimum Gasteiger partial charge on any atom is -0.454 e. The average Bonchev–Trinajstić information content (AvgIpc) is 3.13. The third kappa shape index (κ3) is 2.53. The number of hydrogen-bond acceptors (Lipinski definition) is 5. The van der Waals surface area contributed by atoms with E-state index in [4.69, 9.17) is 15.2 Å². The zero-order valence-corrected chi connectivity index (χ0v) is 13.7. The molecule has 2 heterocycles. The number of ether oxygens (including phenoxy) is 2. The summed E-state index contributed by atoms with van der Waals surface area (Å²) in [6.45, 7) is 2.44. The minimum atomic E-state index is -0.109. The first-order valence-electron chi connectivity index (χ1n) is 7.71. The van der Waals surface area contributed by atoms with Crippen molar-refractivity contribution < 1.29 is 14.3 Å². The fourth-order valence-electron chi connectivity index (χ4n) is 3.12. The molecule has 0 saturated heterocycles. The number of nitrogens with two attached hydrogens (primary N) is 1. The van der Waals surface area contributed by atoms with Gasteiger partial charge in [-0.05, 0) is 30.7 Å². The molecule has 2 aromatic rings. The van der Waals surface area contributed by atoms with Crippen LogP contribution >= 0.6 is 11.3 Å². The molecular weight excluding hydrogens is 312 g/mol. The van der Waals surface area contributed by atoms with E-state index in [-0.39, 0.29) is 12.7 Å². The number of benzene rings is 1. The van der Waals surface area contributed by atoms with Gasteiger partial charge in [0.05, 0.1) is 16.9 Å². The van der Waals surface area contributed by atoms with Crippen molar-refractivity contribution in [3.63, 3.8) is 0 Å². The van der Waals surface area contributed by atoms with Crippen LogP contribution in [0.15, 0.2) is 17.5 Å². The van der Waals surface area contributed by atoms with Crippen LogP contribution in [0.4, 0.5) is 11.4 Å². The van der Waals surface area contributed by atoms with Gasteiger partial charge in [0.25, 0.3) is 5.91 Å². The van der Waals surface area contributed by atoms with Gasteiger partial charge in [0, 0.05) is 22.4 Å². The van der Waals surface area contributed by atoms with Crippen molar-refractivity contribution in [3.8, 4) is 11.5 Å². The first-order chi connectivity index (χ1) is 11.1. The van der Waals surface area contributed by atoms with Gasteiger partial charge in [-0.25, -0.2) is 0 Å². The molecule has 3 N–H and O–H groups in total. The van der Waals surface area contributed by atoms with Gasteiger partial charge in [0.1, 0.15) is 0 Å². The summed E-state index contributed by atoms with van der Waals surface area (Å²) in [7, 11) is 0. The van der Waals surface area contributed by atoms with Crippen LogP contribution in [-0.2, 0) is 12.8 Å². The second-order valence-electron chi connectivity index (χ2n) is 6.15. The number of carbonyl (C=O) groups is 1. The fraction of sp³-hybridized carbons (Fsp3) is 0.353. The van der Waals surface area contributed by atoms with Gasteiger partial charge in [0.15, 0.2) is 11.5 Å². The van der Waals surface area contributed by atoms with Crippen LogP contribution in [0.2, 0.25) is 0 Å². The van der Waals surface area contributed by atoms with Crippen LogP contribution in [0.1, 0.15) is 34.1 Å². The molecule has 1 unspecified atom stereocenters. The molecule has 1 atom stereocenters. The van der Waals surface area contributed by atoms with Gasteiger partial charge < -0.3 is 20.5 Å². The topological polar surface area (TPSA) is 73.6 Å². The van der Waals surface area contributed by atoms with Crippen LogP contribution in [-0.4, -0.2) is 12.7 Å². The Morgan fingerprint density at radius 1 is 1.35 bits per heavy atom. The molecular formula is C17H18N2O3S. The molecule has 1 amide bonds. The minimum absolute atomic E-state index is 0.109. The Bertz CT molecular complexity index is 784. The second-order valence-corrected chi connectivity index (χ2v) is 7.11. The summed E-state index contributed by atoms with van der Waals surface area (Å²) in [4.78, 5) is 14.0. The van der Waals surface area contributed by atoms with Gasteiger partial charge >= 0.3 is 0 Å². The number of hydrogen-bond donors (Lipinski definition) is 2. The highest BCUT2D eigenvalue weighted by molar-refractivity contribution is 7.10. The molecule has 1 aliphatic carbocycles. The van der Waals surface area contributed by atoms with E-state index in [2.05, 4.69) is 12.2 Å². The summed E-state index contributed by atoms with van der Waals surface area (Å²) >= 11 is 1.68. The van der Waals surface area contributed by atoms with E-state index in [0.717, 1.165) is 24.8 Å². The predicted octanol–water partition coefficient (Wildman–Crippen LogP) is 3.44. The van der Waals surface area contributed by atoms with E-state index in [9.17, 15) is 4.79 Å². The lowest BCUT2D eigenvalue weighted by Gasteiger charge is -2.19. The lowest BCUT2D eigenvalue weighted by atomic mass is 9.88. The molecule has 0 fully saturated rings. The maximum Gasteiger partial charge on any atom is 0.256 e. The molecule has 0 spiro atoms. The van der Waals surface area contributed by atoms with Crippen LogP contribution in [0.3, 0.4) is 0 Å². The summed E-state index contributed by atoms with van der Waals surface area (Å²) in [5, 5.41) is 4.87. The Labute approximate surface area is 138 Å². The van der Waals surface area contributed by atoms with E-state index in [1.54, 1.807) is 23.5 Å². The molecule has 2 aliphatic rings. The standard InChI is InChI=1S/C17H18N2O3S/c1-9-2-3-10-11(7-23-16(10)4-9)17(20)19-13-6-15-14(5-12(13)18)21-8-22-15/h5-7,9H,2-4,8,18H2,1H3,(H,19,20). The Morgan fingerprint density at radius 2 is 2.13 bits per heavy atom. The molecule has 1 aromatic carbocycles. The third-order valence-corrected chi connectivity index (χ3v) is 5.49. The van der Waals surface area contributed by atoms with Crippen LogP contribution < -0.4 is 20.5 Å². The summed E-state index contributed by atoms with van der Waals surface area (Å²) in [6.07, 6.45) is 3.18. The van der Waals surface area contributed by atoms with E-state index in [1.807, 2.05) is 5.38 Å². The van der Waals surface area contributed by atoms with Crippen molar-refractivity contribution in [2.75, 3.05) is 17.8 Å². The number of carbonyl (C=O) groups excluding carboxylic acids is 1. The van der Waals surface area contributed by atoms with E-state index < -0.39 is 0 Å². The highest BCUT2D eigenvalue weighted by Crippen LogP contribution is 2.39. The van der Waals surface area contributed by atoms with Crippen LogP contribution in [0, 0.1) is 5.92 Å². The molecule has 0 radical (unpaired) electrons. The molecule has 6 heteroatoms. The smallest absolute Gasteiger partial charge is 0.256 e. The van der Waals surface area contributed by atoms with Crippen LogP contribution in [0.25, 0.3) is 0 Å². The Kier molecular flexibility index (Phi) is 3.41. The summed E-state index contributed by atoms with van der Waals surface area (Å²) < 4.78 is 10.6. The quantitative estimate of drug-likeness (QED) is 0.827. The molecule has 0 saturated carbocycles. The molecule has 4 rings (SSSR count).